The van der Waals surface area contributed by atoms with Gasteiger partial charge in [-0.05, 0) is 31.8 Å². The molecule has 0 unspecified atom stereocenters. The van der Waals surface area contributed by atoms with Gasteiger partial charge in [0.05, 0.1) is 0 Å². The summed E-state index contributed by atoms with van der Waals surface area (Å²) in [6, 6.07) is 0.818. The smallest absolute Gasteiger partial charge is 0.223 e. The number of nitrogens with zero attached hydrogens (tertiary/aromatic N) is 2. The summed E-state index contributed by atoms with van der Waals surface area (Å²) >= 11 is 0. The molecule has 102 valence electrons. The molecule has 0 spiro atoms. The van der Waals surface area contributed by atoms with E-state index in [2.05, 4.69) is 15.1 Å². The normalized spacial score (nSPS) is 27.4. The third-order valence-corrected chi connectivity index (χ3v) is 4.84. The first-order valence-electron chi connectivity index (χ1n) is 7.55. The Morgan fingerprint density at radius 1 is 1.06 bits per heavy atom. The van der Waals surface area contributed by atoms with Crippen molar-refractivity contribution in [2.45, 2.75) is 38.1 Å². The molecule has 18 heavy (non-hydrogen) atoms. The van der Waals surface area contributed by atoms with E-state index in [1.54, 1.807) is 0 Å². The minimum absolute atomic E-state index is 0.382. The van der Waals surface area contributed by atoms with Crippen LogP contribution >= 0.6 is 0 Å². The molecule has 0 radical (unpaired) electrons. The SMILES string of the molecule is O=C(CC1CNC1)N1CCN(C2CCCC2)CC1. The van der Waals surface area contributed by atoms with E-state index in [0.717, 1.165) is 51.7 Å². The van der Waals surface area contributed by atoms with Crippen molar-refractivity contribution in [3.8, 4) is 0 Å². The molecule has 0 aromatic heterocycles. The average Bonchev–Trinajstić information content (AvgIpc) is 2.87. The van der Waals surface area contributed by atoms with Crippen LogP contribution in [0.15, 0.2) is 0 Å². The highest BCUT2D eigenvalue weighted by Crippen LogP contribution is 2.24. The van der Waals surface area contributed by atoms with Crippen molar-refractivity contribution in [1.29, 1.82) is 0 Å². The zero-order valence-electron chi connectivity index (χ0n) is 11.2. The van der Waals surface area contributed by atoms with Gasteiger partial charge in [-0.3, -0.25) is 9.69 Å². The number of carbonyl (C=O) groups excluding carboxylic acids is 1. The van der Waals surface area contributed by atoms with E-state index in [9.17, 15) is 4.79 Å². The Morgan fingerprint density at radius 2 is 1.72 bits per heavy atom. The van der Waals surface area contributed by atoms with Gasteiger partial charge in [-0.1, -0.05) is 12.8 Å². The molecular formula is C14H25N3O. The lowest BCUT2D eigenvalue weighted by Gasteiger charge is -2.39. The summed E-state index contributed by atoms with van der Waals surface area (Å²) in [4.78, 5) is 16.8. The summed E-state index contributed by atoms with van der Waals surface area (Å²) < 4.78 is 0. The summed E-state index contributed by atoms with van der Waals surface area (Å²) in [5.41, 5.74) is 0. The fourth-order valence-electron chi connectivity index (χ4n) is 3.47. The third-order valence-electron chi connectivity index (χ3n) is 4.84. The molecule has 2 heterocycles. The molecule has 0 aromatic rings. The molecule has 1 N–H and O–H groups in total. The minimum atomic E-state index is 0.382. The molecule has 1 saturated carbocycles. The summed E-state index contributed by atoms with van der Waals surface area (Å²) in [7, 11) is 0. The molecule has 4 heteroatoms. The molecule has 0 aromatic carbocycles. The maximum Gasteiger partial charge on any atom is 0.223 e. The molecular weight excluding hydrogens is 226 g/mol. The molecule has 3 rings (SSSR count). The topological polar surface area (TPSA) is 35.6 Å². The number of amides is 1. The number of carbonyl (C=O) groups is 1. The first-order valence-corrected chi connectivity index (χ1v) is 7.55. The molecule has 0 atom stereocenters. The van der Waals surface area contributed by atoms with Crippen LogP contribution in [0.2, 0.25) is 0 Å². The first kappa shape index (κ1) is 12.4. The molecule has 1 amide bonds. The van der Waals surface area contributed by atoms with Crippen molar-refractivity contribution in [3.63, 3.8) is 0 Å². The van der Waals surface area contributed by atoms with Crippen molar-refractivity contribution >= 4 is 5.91 Å². The molecule has 2 aliphatic heterocycles. The maximum atomic E-state index is 12.1. The lowest BCUT2D eigenvalue weighted by Crippen LogP contribution is -2.53. The highest BCUT2D eigenvalue weighted by molar-refractivity contribution is 5.76. The van der Waals surface area contributed by atoms with Crippen LogP contribution < -0.4 is 5.32 Å². The lowest BCUT2D eigenvalue weighted by atomic mass is 9.98. The van der Waals surface area contributed by atoms with Gasteiger partial charge in [0.1, 0.15) is 0 Å². The average molecular weight is 251 g/mol. The summed E-state index contributed by atoms with van der Waals surface area (Å²) in [6.45, 7) is 6.17. The van der Waals surface area contributed by atoms with Gasteiger partial charge in [0, 0.05) is 38.6 Å². The Kier molecular flexibility index (Phi) is 3.85. The Morgan fingerprint density at radius 3 is 2.28 bits per heavy atom. The van der Waals surface area contributed by atoms with Crippen LogP contribution in [0.3, 0.4) is 0 Å². The quantitative estimate of drug-likeness (QED) is 0.801. The van der Waals surface area contributed by atoms with Crippen molar-refractivity contribution in [2.24, 2.45) is 5.92 Å². The van der Waals surface area contributed by atoms with Crippen LogP contribution in [0.4, 0.5) is 0 Å². The monoisotopic (exact) mass is 251 g/mol. The summed E-state index contributed by atoms with van der Waals surface area (Å²) in [6.07, 6.45) is 6.32. The van der Waals surface area contributed by atoms with Crippen molar-refractivity contribution in [3.05, 3.63) is 0 Å². The molecule has 0 bridgehead atoms. The van der Waals surface area contributed by atoms with E-state index in [4.69, 9.17) is 0 Å². The number of hydrogen-bond acceptors (Lipinski definition) is 3. The van der Waals surface area contributed by atoms with E-state index < -0.39 is 0 Å². The second-order valence-electron chi connectivity index (χ2n) is 6.08. The van der Waals surface area contributed by atoms with Gasteiger partial charge < -0.3 is 10.2 Å². The van der Waals surface area contributed by atoms with E-state index in [1.807, 2.05) is 0 Å². The van der Waals surface area contributed by atoms with Crippen LogP contribution in [-0.2, 0) is 4.79 Å². The Hall–Kier alpha value is -0.610. The highest BCUT2D eigenvalue weighted by atomic mass is 16.2. The zero-order chi connectivity index (χ0) is 12.4. The Labute approximate surface area is 110 Å². The minimum Gasteiger partial charge on any atom is -0.340 e. The number of nitrogens with one attached hydrogen (secondary N) is 1. The van der Waals surface area contributed by atoms with Crippen LogP contribution in [0.25, 0.3) is 0 Å². The van der Waals surface area contributed by atoms with Gasteiger partial charge in [0.15, 0.2) is 0 Å². The van der Waals surface area contributed by atoms with Gasteiger partial charge in [0.25, 0.3) is 0 Å². The number of rotatable bonds is 3. The maximum absolute atomic E-state index is 12.1. The molecule has 4 nitrogen and oxygen atoms in total. The van der Waals surface area contributed by atoms with Crippen LogP contribution in [0.1, 0.15) is 32.1 Å². The standard InChI is InChI=1S/C14H25N3O/c18-14(9-12-10-15-11-12)17-7-5-16(6-8-17)13-3-1-2-4-13/h12-13,15H,1-11H2. The fraction of sp³-hybridized carbons (Fsp3) is 0.929. The number of hydrogen-bond donors (Lipinski definition) is 1. The van der Waals surface area contributed by atoms with Gasteiger partial charge in [-0.15, -0.1) is 0 Å². The van der Waals surface area contributed by atoms with Gasteiger partial charge >= 0.3 is 0 Å². The largest absolute Gasteiger partial charge is 0.340 e. The van der Waals surface area contributed by atoms with E-state index in [0.29, 0.717) is 11.8 Å². The van der Waals surface area contributed by atoms with E-state index >= 15 is 0 Å². The van der Waals surface area contributed by atoms with Crippen molar-refractivity contribution < 1.29 is 4.79 Å². The second kappa shape index (κ2) is 5.57. The van der Waals surface area contributed by atoms with Crippen LogP contribution in [0.5, 0.6) is 0 Å². The van der Waals surface area contributed by atoms with Crippen molar-refractivity contribution in [1.82, 2.24) is 15.1 Å². The van der Waals surface area contributed by atoms with Crippen molar-refractivity contribution in [2.75, 3.05) is 39.3 Å². The molecule has 3 fully saturated rings. The summed E-state index contributed by atoms with van der Waals surface area (Å²) in [5, 5.41) is 3.23. The van der Waals surface area contributed by atoms with E-state index in [-0.39, 0.29) is 0 Å². The van der Waals surface area contributed by atoms with E-state index in [1.165, 1.54) is 25.7 Å². The fourth-order valence-corrected chi connectivity index (χ4v) is 3.47. The highest BCUT2D eigenvalue weighted by Gasteiger charge is 2.29. The van der Waals surface area contributed by atoms with Gasteiger partial charge in [-0.2, -0.15) is 0 Å². The van der Waals surface area contributed by atoms with Gasteiger partial charge in [0.2, 0.25) is 5.91 Å². The predicted molar refractivity (Wildman–Crippen MR) is 71.4 cm³/mol. The first-order chi connectivity index (χ1) is 8.83. The Balaban J connectivity index is 1.42. The van der Waals surface area contributed by atoms with Crippen LogP contribution in [-0.4, -0.2) is 61.0 Å². The molecule has 3 aliphatic rings. The molecule has 1 aliphatic carbocycles. The lowest BCUT2D eigenvalue weighted by molar-refractivity contribution is -0.134. The Bertz CT molecular complexity index is 289. The third kappa shape index (κ3) is 2.69. The predicted octanol–water partition coefficient (Wildman–Crippen LogP) is 0.683. The van der Waals surface area contributed by atoms with Crippen LogP contribution in [0, 0.1) is 5.92 Å². The second-order valence-corrected chi connectivity index (χ2v) is 6.08. The number of piperazine rings is 1. The van der Waals surface area contributed by atoms with Gasteiger partial charge in [-0.25, -0.2) is 0 Å². The zero-order valence-corrected chi connectivity index (χ0v) is 11.2. The molecule has 2 saturated heterocycles. The summed E-state index contributed by atoms with van der Waals surface area (Å²) in [5.74, 6) is 0.984.